The zero-order valence-electron chi connectivity index (χ0n) is 7.63. The van der Waals surface area contributed by atoms with Crippen LogP contribution in [-0.4, -0.2) is 21.4 Å². The molecule has 3 heteroatoms. The zero-order chi connectivity index (χ0) is 9.42. The van der Waals surface area contributed by atoms with E-state index in [4.69, 9.17) is 5.11 Å². The lowest BCUT2D eigenvalue weighted by Crippen LogP contribution is -2.16. The van der Waals surface area contributed by atoms with E-state index in [0.717, 1.165) is 11.8 Å². The minimum absolute atomic E-state index is 0.412. The van der Waals surface area contributed by atoms with Crippen LogP contribution in [0.25, 0.3) is 0 Å². The van der Waals surface area contributed by atoms with Crippen LogP contribution in [0.1, 0.15) is 25.7 Å². The summed E-state index contributed by atoms with van der Waals surface area (Å²) in [5, 5.41) is 9.13. The molecule has 0 saturated heterocycles. The van der Waals surface area contributed by atoms with Crippen molar-refractivity contribution in [1.29, 1.82) is 0 Å². The van der Waals surface area contributed by atoms with Crippen LogP contribution in [0.2, 0.25) is 0 Å². The molecule has 2 unspecified atom stereocenters. The van der Waals surface area contributed by atoms with E-state index in [1.54, 1.807) is 0 Å². The number of fused-ring (bicyclic) bond motifs is 1. The Bertz CT molecular complexity index is 168. The molecule has 0 spiro atoms. The van der Waals surface area contributed by atoms with Gasteiger partial charge in [-0.15, -0.1) is 0 Å². The van der Waals surface area contributed by atoms with E-state index < -0.39 is 0 Å². The molecule has 2 saturated carbocycles. The number of aliphatic hydroxyl groups is 1. The van der Waals surface area contributed by atoms with Crippen molar-refractivity contribution >= 4 is 31.9 Å². The predicted molar refractivity (Wildman–Crippen MR) is 61.5 cm³/mol. The fraction of sp³-hybridized carbons (Fsp3) is 1.00. The van der Waals surface area contributed by atoms with Crippen molar-refractivity contribution in [3.63, 3.8) is 0 Å². The van der Waals surface area contributed by atoms with Gasteiger partial charge in [-0.3, -0.25) is 0 Å². The highest BCUT2D eigenvalue weighted by Crippen LogP contribution is 2.54. The molecule has 0 aromatic heterocycles. The predicted octanol–water partition coefficient (Wildman–Crippen LogP) is 2.94. The van der Waals surface area contributed by atoms with E-state index in [9.17, 15) is 0 Å². The maximum atomic E-state index is 9.13. The minimum atomic E-state index is 0.412. The van der Waals surface area contributed by atoms with Crippen LogP contribution in [0.5, 0.6) is 0 Å². The summed E-state index contributed by atoms with van der Waals surface area (Å²) >= 11 is 7.43. The first-order valence-electron chi connectivity index (χ1n) is 5.13. The lowest BCUT2D eigenvalue weighted by Gasteiger charge is -2.18. The van der Waals surface area contributed by atoms with Gasteiger partial charge in [0.2, 0.25) is 0 Å². The zero-order valence-corrected chi connectivity index (χ0v) is 10.8. The Hall–Kier alpha value is 0.920. The Kier molecular flexibility index (Phi) is 3.37. The molecule has 1 N–H and O–H groups in total. The molecule has 0 aromatic rings. The second-order valence-electron chi connectivity index (χ2n) is 4.36. The van der Waals surface area contributed by atoms with Gasteiger partial charge in [-0.2, -0.15) is 0 Å². The van der Waals surface area contributed by atoms with Crippen molar-refractivity contribution in [2.75, 3.05) is 6.61 Å². The topological polar surface area (TPSA) is 20.2 Å². The quantitative estimate of drug-likeness (QED) is 0.738. The molecule has 1 nitrogen and oxygen atoms in total. The van der Waals surface area contributed by atoms with Gasteiger partial charge in [0.15, 0.2) is 0 Å². The Labute approximate surface area is 96.5 Å². The van der Waals surface area contributed by atoms with Gasteiger partial charge in [-0.05, 0) is 43.4 Å². The van der Waals surface area contributed by atoms with Crippen molar-refractivity contribution < 1.29 is 5.11 Å². The fourth-order valence-corrected chi connectivity index (χ4v) is 3.77. The summed E-state index contributed by atoms with van der Waals surface area (Å²) in [6.07, 6.45) is 5.11. The number of alkyl halides is 2. The van der Waals surface area contributed by atoms with Crippen LogP contribution >= 0.6 is 31.9 Å². The molecular weight excluding hydrogens is 296 g/mol. The van der Waals surface area contributed by atoms with E-state index in [1.807, 2.05) is 0 Å². The molecule has 13 heavy (non-hydrogen) atoms. The lowest BCUT2D eigenvalue weighted by molar-refractivity contribution is 0.262. The first kappa shape index (κ1) is 10.4. The van der Waals surface area contributed by atoms with Gasteiger partial charge in [0.25, 0.3) is 0 Å². The number of hydrogen-bond acceptors (Lipinski definition) is 1. The highest BCUT2D eigenvalue weighted by Gasteiger charge is 2.49. The monoisotopic (exact) mass is 310 g/mol. The van der Waals surface area contributed by atoms with E-state index in [2.05, 4.69) is 31.9 Å². The largest absolute Gasteiger partial charge is 0.396 e. The molecule has 0 bridgehead atoms. The molecule has 2 fully saturated rings. The Balaban J connectivity index is 1.90. The summed E-state index contributed by atoms with van der Waals surface area (Å²) in [7, 11) is 0. The Morgan fingerprint density at radius 1 is 0.923 bits per heavy atom. The molecule has 2 aliphatic carbocycles. The second-order valence-corrected chi connectivity index (χ2v) is 6.71. The normalized spacial score (nSPS) is 50.5. The van der Waals surface area contributed by atoms with Gasteiger partial charge in [0.05, 0.1) is 0 Å². The van der Waals surface area contributed by atoms with Crippen LogP contribution in [0.3, 0.4) is 0 Å². The number of aliphatic hydroxyl groups excluding tert-OH is 1. The summed E-state index contributed by atoms with van der Waals surface area (Å²) in [4.78, 5) is 1.27. The summed E-state index contributed by atoms with van der Waals surface area (Å²) in [6.45, 7) is 0.412. The molecule has 76 valence electrons. The third-order valence-corrected chi connectivity index (χ3v) is 6.57. The SMILES string of the molecule is OC[C@@H]1[C@H]2CCC(Br)C(Br)CC[C@@H]12. The fourth-order valence-electron chi connectivity index (χ4n) is 2.72. The van der Waals surface area contributed by atoms with Crippen molar-refractivity contribution in [1.82, 2.24) is 0 Å². The molecular formula is C10H16Br2O. The maximum absolute atomic E-state index is 9.13. The lowest BCUT2D eigenvalue weighted by atomic mass is 10.0. The van der Waals surface area contributed by atoms with E-state index >= 15 is 0 Å². The van der Waals surface area contributed by atoms with Crippen molar-refractivity contribution in [2.24, 2.45) is 17.8 Å². The molecule has 0 aliphatic heterocycles. The average Bonchev–Trinajstić information content (AvgIpc) is 2.80. The summed E-state index contributed by atoms with van der Waals surface area (Å²) < 4.78 is 0. The molecule has 0 aromatic carbocycles. The molecule has 5 atom stereocenters. The highest BCUT2D eigenvalue weighted by atomic mass is 79.9. The number of hydrogen-bond donors (Lipinski definition) is 1. The van der Waals surface area contributed by atoms with E-state index in [-0.39, 0.29) is 0 Å². The van der Waals surface area contributed by atoms with Crippen molar-refractivity contribution in [3.8, 4) is 0 Å². The molecule has 2 rings (SSSR count). The van der Waals surface area contributed by atoms with Gasteiger partial charge in [-0.25, -0.2) is 0 Å². The standard InChI is InChI=1S/C10H16Br2O/c11-9-3-1-6-7(8(6)5-13)2-4-10(9)12/h6-10,13H,1-5H2/t6-,7+,8+,9?,10?. The Morgan fingerprint density at radius 3 is 1.77 bits per heavy atom. The van der Waals surface area contributed by atoms with Crippen molar-refractivity contribution in [2.45, 2.75) is 35.3 Å². The van der Waals surface area contributed by atoms with E-state index in [1.165, 1.54) is 25.7 Å². The minimum Gasteiger partial charge on any atom is -0.396 e. The average molecular weight is 312 g/mol. The number of halogens is 2. The first-order chi connectivity index (χ1) is 6.24. The van der Waals surface area contributed by atoms with Crippen LogP contribution in [0, 0.1) is 17.8 Å². The summed E-state index contributed by atoms with van der Waals surface area (Å²) in [5.74, 6) is 2.31. The van der Waals surface area contributed by atoms with Crippen LogP contribution < -0.4 is 0 Å². The van der Waals surface area contributed by atoms with Gasteiger partial charge in [-0.1, -0.05) is 31.9 Å². The molecule has 0 heterocycles. The van der Waals surface area contributed by atoms with Crippen LogP contribution in [0.15, 0.2) is 0 Å². The van der Waals surface area contributed by atoms with Crippen LogP contribution in [0.4, 0.5) is 0 Å². The number of rotatable bonds is 1. The molecule has 0 radical (unpaired) electrons. The maximum Gasteiger partial charge on any atom is 0.0464 e. The third kappa shape index (κ3) is 2.13. The summed E-state index contributed by atoms with van der Waals surface area (Å²) in [6, 6.07) is 0. The van der Waals surface area contributed by atoms with Gasteiger partial charge < -0.3 is 5.11 Å². The van der Waals surface area contributed by atoms with Gasteiger partial charge in [0.1, 0.15) is 0 Å². The molecule has 2 aliphatic rings. The Morgan fingerprint density at radius 2 is 1.38 bits per heavy atom. The molecule has 0 amide bonds. The third-order valence-electron chi connectivity index (χ3n) is 3.66. The van der Waals surface area contributed by atoms with E-state index in [0.29, 0.717) is 22.2 Å². The second kappa shape index (κ2) is 4.19. The summed E-state index contributed by atoms with van der Waals surface area (Å²) in [5.41, 5.74) is 0. The van der Waals surface area contributed by atoms with Gasteiger partial charge >= 0.3 is 0 Å². The first-order valence-corrected chi connectivity index (χ1v) is 6.96. The van der Waals surface area contributed by atoms with Crippen LogP contribution in [-0.2, 0) is 0 Å². The van der Waals surface area contributed by atoms with Crippen molar-refractivity contribution in [3.05, 3.63) is 0 Å². The highest BCUT2D eigenvalue weighted by molar-refractivity contribution is 9.12. The van der Waals surface area contributed by atoms with Gasteiger partial charge in [0, 0.05) is 16.3 Å². The smallest absolute Gasteiger partial charge is 0.0464 e.